The van der Waals surface area contributed by atoms with Crippen molar-refractivity contribution in [2.45, 2.75) is 25.9 Å². The first-order valence-corrected chi connectivity index (χ1v) is 6.45. The molecule has 0 amide bonds. The number of nitrogens with one attached hydrogen (secondary N) is 1. The summed E-state index contributed by atoms with van der Waals surface area (Å²) in [6, 6.07) is 6.52. The van der Waals surface area contributed by atoms with Gasteiger partial charge in [0.05, 0.1) is 6.61 Å². The second-order valence-corrected chi connectivity index (χ2v) is 4.97. The largest absolute Gasteiger partial charge is 0.467 e. The molecular weight excluding hydrogens is 214 g/mol. The van der Waals surface area contributed by atoms with E-state index < -0.39 is 0 Å². The first-order chi connectivity index (χ1) is 8.42. The highest BCUT2D eigenvalue weighted by atomic mass is 16.7. The highest BCUT2D eigenvalue weighted by Gasteiger charge is 2.15. The number of fused-ring (bicyclic) bond motifs is 1. The fourth-order valence-electron chi connectivity index (χ4n) is 2.70. The van der Waals surface area contributed by atoms with Gasteiger partial charge >= 0.3 is 0 Å². The maximum Gasteiger partial charge on any atom is 0.189 e. The zero-order valence-corrected chi connectivity index (χ0v) is 10.1. The Morgan fingerprint density at radius 3 is 3.24 bits per heavy atom. The minimum absolute atomic E-state index is 0.388. The second-order valence-electron chi connectivity index (χ2n) is 4.97. The van der Waals surface area contributed by atoms with Crippen LogP contribution in [0.15, 0.2) is 18.2 Å². The van der Waals surface area contributed by atoms with Gasteiger partial charge in [-0.15, -0.1) is 0 Å². The highest BCUT2D eigenvalue weighted by Crippen LogP contribution is 2.26. The van der Waals surface area contributed by atoms with Crippen molar-refractivity contribution in [1.29, 1.82) is 0 Å². The summed E-state index contributed by atoms with van der Waals surface area (Å²) in [7, 11) is 0. The van der Waals surface area contributed by atoms with Crippen molar-refractivity contribution < 1.29 is 9.47 Å². The predicted octanol–water partition coefficient (Wildman–Crippen LogP) is 2.10. The standard InChI is InChI=1S/C14H19NO2/c1-2-12(8-15-5-1)6-11-3-4-14-13(7-11)9-16-10-17-14/h3-4,7,12,15H,1-2,5-6,8-10H2. The van der Waals surface area contributed by atoms with Crippen LogP contribution in [0.25, 0.3) is 0 Å². The Hall–Kier alpha value is -1.06. The van der Waals surface area contributed by atoms with Crippen molar-refractivity contribution in [2.75, 3.05) is 19.9 Å². The fraction of sp³-hybridized carbons (Fsp3) is 0.571. The van der Waals surface area contributed by atoms with Gasteiger partial charge in [0.2, 0.25) is 0 Å². The van der Waals surface area contributed by atoms with E-state index in [1.54, 1.807) is 0 Å². The van der Waals surface area contributed by atoms with E-state index in [-0.39, 0.29) is 0 Å². The van der Waals surface area contributed by atoms with Gasteiger partial charge in [-0.2, -0.15) is 0 Å². The Morgan fingerprint density at radius 2 is 2.35 bits per heavy atom. The van der Waals surface area contributed by atoms with Gasteiger partial charge in [0.15, 0.2) is 6.79 Å². The third-order valence-electron chi connectivity index (χ3n) is 3.60. The molecular formula is C14H19NO2. The fourth-order valence-corrected chi connectivity index (χ4v) is 2.70. The van der Waals surface area contributed by atoms with Crippen molar-refractivity contribution in [3.05, 3.63) is 29.3 Å². The molecule has 0 aromatic heterocycles. The van der Waals surface area contributed by atoms with E-state index in [1.807, 2.05) is 0 Å². The van der Waals surface area contributed by atoms with Crippen LogP contribution in [-0.2, 0) is 17.8 Å². The van der Waals surface area contributed by atoms with Gasteiger partial charge in [-0.05, 0) is 56.0 Å². The Bertz CT molecular complexity index is 386. The third-order valence-corrected chi connectivity index (χ3v) is 3.60. The third kappa shape index (κ3) is 2.61. The van der Waals surface area contributed by atoms with Gasteiger partial charge in [0, 0.05) is 5.56 Å². The maximum atomic E-state index is 5.43. The molecule has 92 valence electrons. The Labute approximate surface area is 102 Å². The molecule has 0 aliphatic carbocycles. The van der Waals surface area contributed by atoms with Crippen LogP contribution in [0.4, 0.5) is 0 Å². The average Bonchev–Trinajstić information content (AvgIpc) is 2.40. The summed E-state index contributed by atoms with van der Waals surface area (Å²) in [5.74, 6) is 1.77. The van der Waals surface area contributed by atoms with Crippen LogP contribution >= 0.6 is 0 Å². The molecule has 1 N–H and O–H groups in total. The van der Waals surface area contributed by atoms with Crippen molar-refractivity contribution in [1.82, 2.24) is 5.32 Å². The Kier molecular flexibility index (Phi) is 3.29. The summed E-state index contributed by atoms with van der Waals surface area (Å²) in [5, 5.41) is 3.47. The molecule has 1 aromatic carbocycles. The van der Waals surface area contributed by atoms with Gasteiger partial charge in [-0.25, -0.2) is 0 Å². The number of benzene rings is 1. The number of hydrogen-bond donors (Lipinski definition) is 1. The SMILES string of the molecule is c1cc2c(cc1CC1CCCNC1)COCO2. The molecule has 1 aromatic rings. The van der Waals surface area contributed by atoms with E-state index >= 15 is 0 Å². The lowest BCUT2D eigenvalue weighted by Crippen LogP contribution is -2.30. The van der Waals surface area contributed by atoms with E-state index in [1.165, 1.54) is 36.9 Å². The average molecular weight is 233 g/mol. The van der Waals surface area contributed by atoms with Gasteiger partial charge in [-0.3, -0.25) is 0 Å². The van der Waals surface area contributed by atoms with Crippen LogP contribution in [0.1, 0.15) is 24.0 Å². The molecule has 2 aliphatic rings. The molecule has 0 bridgehead atoms. The van der Waals surface area contributed by atoms with Crippen LogP contribution in [-0.4, -0.2) is 19.9 Å². The topological polar surface area (TPSA) is 30.5 Å². The molecule has 2 heterocycles. The summed E-state index contributed by atoms with van der Waals surface area (Å²) in [4.78, 5) is 0. The summed E-state index contributed by atoms with van der Waals surface area (Å²) in [6.07, 6.45) is 3.82. The van der Waals surface area contributed by atoms with Crippen molar-refractivity contribution in [2.24, 2.45) is 5.92 Å². The van der Waals surface area contributed by atoms with Crippen LogP contribution < -0.4 is 10.1 Å². The van der Waals surface area contributed by atoms with Crippen LogP contribution in [0, 0.1) is 5.92 Å². The lowest BCUT2D eigenvalue weighted by Gasteiger charge is -2.24. The monoisotopic (exact) mass is 233 g/mol. The first kappa shape index (κ1) is 11.1. The number of piperidine rings is 1. The lowest BCUT2D eigenvalue weighted by molar-refractivity contribution is -0.0164. The highest BCUT2D eigenvalue weighted by molar-refractivity contribution is 5.37. The number of ether oxygens (including phenoxy) is 2. The number of hydrogen-bond acceptors (Lipinski definition) is 3. The molecule has 1 atom stereocenters. The first-order valence-electron chi connectivity index (χ1n) is 6.45. The van der Waals surface area contributed by atoms with E-state index in [2.05, 4.69) is 23.5 Å². The van der Waals surface area contributed by atoms with Crippen molar-refractivity contribution in [3.63, 3.8) is 0 Å². The molecule has 2 aliphatic heterocycles. The van der Waals surface area contributed by atoms with E-state index in [4.69, 9.17) is 9.47 Å². The van der Waals surface area contributed by atoms with Gasteiger partial charge < -0.3 is 14.8 Å². The smallest absolute Gasteiger partial charge is 0.189 e. The van der Waals surface area contributed by atoms with Gasteiger partial charge in [0.1, 0.15) is 5.75 Å². The molecule has 3 rings (SSSR count). The van der Waals surface area contributed by atoms with Gasteiger partial charge in [0.25, 0.3) is 0 Å². The molecule has 0 spiro atoms. The predicted molar refractivity (Wildman–Crippen MR) is 66.0 cm³/mol. The molecule has 1 unspecified atom stereocenters. The molecule has 17 heavy (non-hydrogen) atoms. The normalized spacial score (nSPS) is 23.9. The van der Waals surface area contributed by atoms with E-state index in [0.717, 1.165) is 18.2 Å². The van der Waals surface area contributed by atoms with Crippen molar-refractivity contribution >= 4 is 0 Å². The minimum atomic E-state index is 0.388. The van der Waals surface area contributed by atoms with Gasteiger partial charge in [-0.1, -0.05) is 6.07 Å². The van der Waals surface area contributed by atoms with Crippen LogP contribution in [0.3, 0.4) is 0 Å². The molecule has 0 radical (unpaired) electrons. The van der Waals surface area contributed by atoms with Crippen LogP contribution in [0.2, 0.25) is 0 Å². The van der Waals surface area contributed by atoms with Crippen molar-refractivity contribution in [3.8, 4) is 5.75 Å². The zero-order valence-electron chi connectivity index (χ0n) is 10.1. The molecule has 3 heteroatoms. The Morgan fingerprint density at radius 1 is 1.35 bits per heavy atom. The molecule has 0 saturated carbocycles. The minimum Gasteiger partial charge on any atom is -0.467 e. The maximum absolute atomic E-state index is 5.43. The summed E-state index contributed by atoms with van der Waals surface area (Å²) in [6.45, 7) is 3.41. The quantitative estimate of drug-likeness (QED) is 0.848. The molecule has 1 fully saturated rings. The molecule has 3 nitrogen and oxygen atoms in total. The summed E-state index contributed by atoms with van der Waals surface area (Å²) < 4.78 is 10.7. The Balaban J connectivity index is 1.70. The van der Waals surface area contributed by atoms with Crippen LogP contribution in [0.5, 0.6) is 5.75 Å². The molecule has 1 saturated heterocycles. The second kappa shape index (κ2) is 5.07. The number of rotatable bonds is 2. The zero-order chi connectivity index (χ0) is 11.5. The summed E-state index contributed by atoms with van der Waals surface area (Å²) in [5.41, 5.74) is 2.60. The summed E-state index contributed by atoms with van der Waals surface area (Å²) >= 11 is 0. The lowest BCUT2D eigenvalue weighted by atomic mass is 9.91. The van der Waals surface area contributed by atoms with E-state index in [0.29, 0.717) is 13.4 Å². The van der Waals surface area contributed by atoms with E-state index in [9.17, 15) is 0 Å².